The number of piperidine rings is 1. The first-order chi connectivity index (χ1) is 16.1. The number of anilines is 1. The van der Waals surface area contributed by atoms with Gasteiger partial charge in [-0.2, -0.15) is 0 Å². The minimum absolute atomic E-state index is 0.139. The van der Waals surface area contributed by atoms with Crippen molar-refractivity contribution in [1.82, 2.24) is 19.8 Å². The van der Waals surface area contributed by atoms with Crippen molar-refractivity contribution >= 4 is 33.3 Å². The predicted octanol–water partition coefficient (Wildman–Crippen LogP) is 3.91. The van der Waals surface area contributed by atoms with Crippen molar-refractivity contribution in [3.63, 3.8) is 0 Å². The summed E-state index contributed by atoms with van der Waals surface area (Å²) >= 11 is 1.74. The van der Waals surface area contributed by atoms with E-state index < -0.39 is 0 Å². The summed E-state index contributed by atoms with van der Waals surface area (Å²) in [5, 5.41) is 1.19. The van der Waals surface area contributed by atoms with Gasteiger partial charge in [-0.1, -0.05) is 30.3 Å². The lowest BCUT2D eigenvalue weighted by molar-refractivity contribution is -0.138. The van der Waals surface area contributed by atoms with E-state index in [2.05, 4.69) is 68.8 Å². The van der Waals surface area contributed by atoms with Gasteiger partial charge in [0.25, 0.3) is 0 Å². The summed E-state index contributed by atoms with van der Waals surface area (Å²) in [4.78, 5) is 31.7. The second kappa shape index (κ2) is 9.77. The highest BCUT2D eigenvalue weighted by atomic mass is 32.1. The van der Waals surface area contributed by atoms with Crippen molar-refractivity contribution < 1.29 is 4.79 Å². The Morgan fingerprint density at radius 1 is 1.00 bits per heavy atom. The molecule has 0 bridgehead atoms. The Morgan fingerprint density at radius 2 is 1.73 bits per heavy atom. The van der Waals surface area contributed by atoms with Crippen LogP contribution in [0.25, 0.3) is 10.2 Å². The van der Waals surface area contributed by atoms with Crippen molar-refractivity contribution in [1.29, 1.82) is 0 Å². The molecule has 5 rings (SSSR count). The number of rotatable bonds is 5. The van der Waals surface area contributed by atoms with Crippen LogP contribution in [0.5, 0.6) is 0 Å². The van der Waals surface area contributed by atoms with Gasteiger partial charge in [0.15, 0.2) is 0 Å². The number of benzene rings is 1. The van der Waals surface area contributed by atoms with E-state index in [1.165, 1.54) is 21.4 Å². The molecule has 174 valence electrons. The lowest BCUT2D eigenvalue weighted by Crippen LogP contribution is -2.52. The zero-order valence-corrected chi connectivity index (χ0v) is 20.5. The molecule has 0 aliphatic carbocycles. The summed E-state index contributed by atoms with van der Waals surface area (Å²) in [7, 11) is 0. The highest BCUT2D eigenvalue weighted by molar-refractivity contribution is 7.18. The molecule has 2 fully saturated rings. The monoisotopic (exact) mass is 463 g/mol. The van der Waals surface area contributed by atoms with Gasteiger partial charge in [0, 0.05) is 56.6 Å². The van der Waals surface area contributed by atoms with E-state index in [1.807, 2.05) is 0 Å². The standard InChI is InChI=1S/C26H33N5OS/c1-19-20(2)33-25-23(19)24(27-18-28-25)30-12-9-22(10-13-30)26(32)31-16-14-29(15-17-31)11-8-21-6-4-3-5-7-21/h3-7,18,22H,8-17H2,1-2H3. The molecule has 2 saturated heterocycles. The number of nitrogens with zero attached hydrogens (tertiary/aromatic N) is 5. The van der Waals surface area contributed by atoms with Crippen LogP contribution in [0.4, 0.5) is 5.82 Å². The Balaban J connectivity index is 1.13. The Hall–Kier alpha value is -2.51. The van der Waals surface area contributed by atoms with E-state index in [9.17, 15) is 4.79 Å². The van der Waals surface area contributed by atoms with E-state index in [0.29, 0.717) is 5.91 Å². The molecule has 0 saturated carbocycles. The summed E-state index contributed by atoms with van der Waals surface area (Å²) in [6, 6.07) is 10.7. The molecule has 3 aromatic rings. The predicted molar refractivity (Wildman–Crippen MR) is 135 cm³/mol. The highest BCUT2D eigenvalue weighted by Gasteiger charge is 2.31. The summed E-state index contributed by atoms with van der Waals surface area (Å²) in [6.45, 7) is 10.8. The molecule has 1 aromatic carbocycles. The zero-order chi connectivity index (χ0) is 22.8. The van der Waals surface area contributed by atoms with Crippen LogP contribution in [-0.2, 0) is 11.2 Å². The third kappa shape index (κ3) is 4.75. The Morgan fingerprint density at radius 3 is 2.45 bits per heavy atom. The molecular formula is C26H33N5OS. The molecule has 2 aliphatic rings. The topological polar surface area (TPSA) is 52.6 Å². The summed E-state index contributed by atoms with van der Waals surface area (Å²) < 4.78 is 0. The lowest BCUT2D eigenvalue weighted by atomic mass is 9.94. The van der Waals surface area contributed by atoms with Crippen LogP contribution >= 0.6 is 11.3 Å². The van der Waals surface area contributed by atoms with Gasteiger partial charge >= 0.3 is 0 Å². The summed E-state index contributed by atoms with van der Waals surface area (Å²) in [5.41, 5.74) is 2.67. The molecule has 0 spiro atoms. The summed E-state index contributed by atoms with van der Waals surface area (Å²) in [6.07, 6.45) is 4.57. The molecule has 6 nitrogen and oxygen atoms in total. The average molecular weight is 464 g/mol. The van der Waals surface area contributed by atoms with Crippen LogP contribution in [0.2, 0.25) is 0 Å². The van der Waals surface area contributed by atoms with Gasteiger partial charge in [-0.3, -0.25) is 9.69 Å². The van der Waals surface area contributed by atoms with Crippen molar-refractivity contribution in [3.05, 3.63) is 52.7 Å². The Labute approximate surface area is 200 Å². The largest absolute Gasteiger partial charge is 0.356 e. The van der Waals surface area contributed by atoms with Crippen LogP contribution < -0.4 is 4.90 Å². The fraction of sp³-hybridized carbons (Fsp3) is 0.500. The number of carbonyl (C=O) groups excluding carboxylic acids is 1. The second-order valence-electron chi connectivity index (χ2n) is 9.32. The molecule has 2 aromatic heterocycles. The number of aromatic nitrogens is 2. The molecular weight excluding hydrogens is 430 g/mol. The van der Waals surface area contributed by atoms with Gasteiger partial charge in [0.1, 0.15) is 17.0 Å². The van der Waals surface area contributed by atoms with Crippen molar-refractivity contribution in [3.8, 4) is 0 Å². The van der Waals surface area contributed by atoms with Crippen LogP contribution in [0.15, 0.2) is 36.7 Å². The normalized spacial score (nSPS) is 18.2. The number of thiophene rings is 1. The number of carbonyl (C=O) groups is 1. The zero-order valence-electron chi connectivity index (χ0n) is 19.7. The van der Waals surface area contributed by atoms with Gasteiger partial charge < -0.3 is 9.80 Å². The van der Waals surface area contributed by atoms with E-state index in [-0.39, 0.29) is 5.92 Å². The SMILES string of the molecule is Cc1sc2ncnc(N3CCC(C(=O)N4CCN(CCc5ccccc5)CC4)CC3)c2c1C. The molecule has 0 atom stereocenters. The summed E-state index contributed by atoms with van der Waals surface area (Å²) in [5.74, 6) is 1.53. The van der Waals surface area contributed by atoms with Crippen LogP contribution in [-0.4, -0.2) is 71.5 Å². The van der Waals surface area contributed by atoms with E-state index in [1.54, 1.807) is 17.7 Å². The first-order valence-corrected chi connectivity index (χ1v) is 12.9. The van der Waals surface area contributed by atoms with E-state index in [0.717, 1.165) is 75.7 Å². The number of aryl methyl sites for hydroxylation is 2. The van der Waals surface area contributed by atoms with Crippen molar-refractivity contribution in [2.75, 3.05) is 50.7 Å². The third-order valence-electron chi connectivity index (χ3n) is 7.33. The highest BCUT2D eigenvalue weighted by Crippen LogP contribution is 2.35. The molecule has 1 amide bonds. The number of fused-ring (bicyclic) bond motifs is 1. The molecule has 33 heavy (non-hydrogen) atoms. The maximum Gasteiger partial charge on any atom is 0.225 e. The fourth-order valence-electron chi connectivity index (χ4n) is 5.12. The average Bonchev–Trinajstić information content (AvgIpc) is 3.17. The number of hydrogen-bond acceptors (Lipinski definition) is 6. The third-order valence-corrected chi connectivity index (χ3v) is 8.45. The maximum atomic E-state index is 13.2. The van der Waals surface area contributed by atoms with E-state index in [4.69, 9.17) is 0 Å². The first kappa shape index (κ1) is 22.3. The molecule has 0 radical (unpaired) electrons. The van der Waals surface area contributed by atoms with Crippen LogP contribution in [0, 0.1) is 19.8 Å². The van der Waals surface area contributed by atoms with Gasteiger partial charge in [-0.05, 0) is 44.2 Å². The number of amides is 1. The van der Waals surface area contributed by atoms with Crippen molar-refractivity contribution in [2.24, 2.45) is 5.92 Å². The number of hydrogen-bond donors (Lipinski definition) is 0. The molecule has 0 unspecified atom stereocenters. The van der Waals surface area contributed by atoms with Crippen molar-refractivity contribution in [2.45, 2.75) is 33.1 Å². The smallest absolute Gasteiger partial charge is 0.225 e. The first-order valence-electron chi connectivity index (χ1n) is 12.1. The lowest BCUT2D eigenvalue weighted by Gasteiger charge is -2.39. The minimum Gasteiger partial charge on any atom is -0.356 e. The van der Waals surface area contributed by atoms with Crippen LogP contribution in [0.1, 0.15) is 28.8 Å². The van der Waals surface area contributed by atoms with Gasteiger partial charge in [0.2, 0.25) is 5.91 Å². The van der Waals surface area contributed by atoms with Crippen LogP contribution in [0.3, 0.4) is 0 Å². The van der Waals surface area contributed by atoms with E-state index >= 15 is 0 Å². The minimum atomic E-state index is 0.139. The molecule has 4 heterocycles. The van der Waals surface area contributed by atoms with Gasteiger partial charge in [0.05, 0.1) is 5.39 Å². The van der Waals surface area contributed by atoms with Gasteiger partial charge in [-0.15, -0.1) is 11.3 Å². The second-order valence-corrected chi connectivity index (χ2v) is 10.5. The van der Waals surface area contributed by atoms with Gasteiger partial charge in [-0.25, -0.2) is 9.97 Å². The number of piperazine rings is 1. The molecule has 7 heteroatoms. The fourth-order valence-corrected chi connectivity index (χ4v) is 6.12. The molecule has 2 aliphatic heterocycles. The Kier molecular flexibility index (Phi) is 6.60. The quantitative estimate of drug-likeness (QED) is 0.574. The molecule has 0 N–H and O–H groups in total. The maximum absolute atomic E-state index is 13.2. The Bertz CT molecular complexity index is 1100.